The van der Waals surface area contributed by atoms with Gasteiger partial charge >= 0.3 is 10.3 Å². The summed E-state index contributed by atoms with van der Waals surface area (Å²) in [4.78, 5) is 24.0. The molecular weight excluding hydrogens is 448 g/mol. The maximum absolute atomic E-state index is 12.1. The molecule has 1 amide bonds. The molecule has 3 aromatic rings. The number of aliphatic hydroxyl groups excluding tert-OH is 2. The molecule has 1 aliphatic heterocycles. The smallest absolute Gasteiger partial charge is 0.362 e. The second-order valence-electron chi connectivity index (χ2n) is 6.88. The lowest BCUT2D eigenvalue weighted by molar-refractivity contribution is -0.179. The standard InChI is InChI=1S/C17H18N6O8S/c18-14-11-15(20-6-19-14)23(7-21-11)17-13(26)12(25)10(31-17)5-30-32(28,29)22-16(27)8-3-1-2-4-9(8)24/h1-4,6-7,10,12-13,17,24-26H,5H2,(H,22,27)(H2,18,19,20)/p+1/t10-,12-,13-,17-/m1/s1. The minimum atomic E-state index is -4.61. The number of phenolic OH excluding ortho intramolecular Hbond substituents is 1. The number of amides is 1. The first-order chi connectivity index (χ1) is 15.2. The summed E-state index contributed by atoms with van der Waals surface area (Å²) in [5.74, 6) is -1.40. The summed E-state index contributed by atoms with van der Waals surface area (Å²) >= 11 is 0. The Labute approximate surface area is 180 Å². The Morgan fingerprint density at radius 1 is 1.22 bits per heavy atom. The van der Waals surface area contributed by atoms with Gasteiger partial charge < -0.3 is 25.8 Å². The van der Waals surface area contributed by atoms with Crippen LogP contribution in [0.4, 0.5) is 5.82 Å². The first-order valence-electron chi connectivity index (χ1n) is 9.16. The topological polar surface area (TPSA) is 216 Å². The van der Waals surface area contributed by atoms with E-state index in [2.05, 4.69) is 19.7 Å². The molecule has 0 aliphatic carbocycles. The molecule has 1 saturated heterocycles. The van der Waals surface area contributed by atoms with E-state index in [4.69, 9.17) is 9.92 Å². The Morgan fingerprint density at radius 2 is 1.97 bits per heavy atom. The van der Waals surface area contributed by atoms with Crippen LogP contribution in [-0.2, 0) is 14.5 Å². The van der Waals surface area contributed by atoms with Gasteiger partial charge in [0.2, 0.25) is 6.10 Å². The zero-order valence-corrected chi connectivity index (χ0v) is 17.0. The van der Waals surface area contributed by atoms with E-state index in [0.29, 0.717) is 0 Å². The summed E-state index contributed by atoms with van der Waals surface area (Å²) in [7, 11) is -4.61. The number of ether oxygens (including phenoxy) is 1. The van der Waals surface area contributed by atoms with Gasteiger partial charge in [0.15, 0.2) is 23.7 Å². The van der Waals surface area contributed by atoms with Crippen molar-refractivity contribution in [2.45, 2.75) is 24.5 Å². The van der Waals surface area contributed by atoms with Gasteiger partial charge in [-0.25, -0.2) is 28.4 Å². The molecule has 0 radical (unpaired) electrons. The number of nitrogens with two attached hydrogens (primary N) is 1. The number of phenols is 1. The van der Waals surface area contributed by atoms with Gasteiger partial charge in [-0.05, 0) is 12.1 Å². The third-order valence-electron chi connectivity index (χ3n) is 4.83. The number of anilines is 1. The van der Waals surface area contributed by atoms with Gasteiger partial charge in [0, 0.05) is 0 Å². The van der Waals surface area contributed by atoms with Crippen LogP contribution in [0.5, 0.6) is 5.75 Å². The minimum Gasteiger partial charge on any atom is -0.507 e. The van der Waals surface area contributed by atoms with Crippen molar-refractivity contribution in [3.63, 3.8) is 0 Å². The van der Waals surface area contributed by atoms with E-state index in [1.54, 1.807) is 4.72 Å². The number of aromatic hydroxyl groups is 1. The SMILES string of the molecule is Nc1ncnc2c1ncn2[C@@H]1[OH+][C@H](COS(=O)(=O)NC(=O)c2ccccc2O)[C@@H](O)[C@H]1O. The number of nitrogens with zero attached hydrogens (tertiary/aromatic N) is 4. The number of aromatic nitrogens is 4. The number of nitrogen functional groups attached to an aromatic ring is 1. The number of fused-ring (bicyclic) bond motifs is 1. The first-order valence-corrected chi connectivity index (χ1v) is 10.6. The van der Waals surface area contributed by atoms with E-state index >= 15 is 0 Å². The molecule has 0 spiro atoms. The Kier molecular flexibility index (Phi) is 5.66. The molecule has 15 heteroatoms. The Bertz CT molecular complexity index is 1260. The number of rotatable bonds is 6. The number of para-hydroxylation sites is 1. The molecule has 0 saturated carbocycles. The highest BCUT2D eigenvalue weighted by Gasteiger charge is 2.50. The van der Waals surface area contributed by atoms with Gasteiger partial charge in [-0.3, -0.25) is 4.79 Å². The lowest BCUT2D eigenvalue weighted by Gasteiger charge is -2.13. The molecular formula is C17H19N6O8S+. The molecule has 1 aromatic carbocycles. The van der Waals surface area contributed by atoms with E-state index in [1.165, 1.54) is 41.5 Å². The van der Waals surface area contributed by atoms with Crippen molar-refractivity contribution in [3.8, 4) is 5.75 Å². The first kappa shape index (κ1) is 21.8. The normalized spacial score (nSPS) is 23.4. The monoisotopic (exact) mass is 467 g/mol. The van der Waals surface area contributed by atoms with Crippen molar-refractivity contribution in [1.29, 1.82) is 0 Å². The average molecular weight is 467 g/mol. The van der Waals surface area contributed by atoms with Gasteiger partial charge in [0.1, 0.15) is 30.5 Å². The third kappa shape index (κ3) is 4.06. The summed E-state index contributed by atoms with van der Waals surface area (Å²) in [6.07, 6.45) is -2.57. The summed E-state index contributed by atoms with van der Waals surface area (Å²) in [5.41, 5.74) is 6.01. The molecule has 3 heterocycles. The van der Waals surface area contributed by atoms with Crippen LogP contribution < -0.4 is 10.5 Å². The molecule has 4 rings (SSSR count). The predicted molar refractivity (Wildman–Crippen MR) is 107 cm³/mol. The van der Waals surface area contributed by atoms with Crippen molar-refractivity contribution in [1.82, 2.24) is 24.2 Å². The van der Waals surface area contributed by atoms with E-state index in [9.17, 15) is 28.5 Å². The van der Waals surface area contributed by atoms with Crippen LogP contribution in [0.3, 0.4) is 0 Å². The molecule has 1 aliphatic rings. The highest BCUT2D eigenvalue weighted by molar-refractivity contribution is 7.85. The molecule has 7 N–H and O–H groups in total. The number of hydrogen-bond donors (Lipinski definition) is 5. The van der Waals surface area contributed by atoms with E-state index in [0.717, 1.165) is 0 Å². The van der Waals surface area contributed by atoms with Crippen LogP contribution >= 0.6 is 0 Å². The van der Waals surface area contributed by atoms with Crippen molar-refractivity contribution < 1.29 is 37.5 Å². The number of imidazole rings is 1. The third-order valence-corrected chi connectivity index (χ3v) is 5.71. The van der Waals surface area contributed by atoms with Crippen LogP contribution in [0.15, 0.2) is 36.9 Å². The van der Waals surface area contributed by atoms with Crippen LogP contribution in [0.1, 0.15) is 16.6 Å². The summed E-state index contributed by atoms with van der Waals surface area (Å²) < 4.78 is 36.2. The summed E-state index contributed by atoms with van der Waals surface area (Å²) in [6.45, 7) is -0.665. The van der Waals surface area contributed by atoms with Crippen molar-refractivity contribution in [2.75, 3.05) is 12.3 Å². The lowest BCUT2D eigenvalue weighted by Crippen LogP contribution is -2.38. The van der Waals surface area contributed by atoms with Gasteiger partial charge in [-0.1, -0.05) is 12.1 Å². The van der Waals surface area contributed by atoms with E-state index in [-0.39, 0.29) is 22.5 Å². The fourth-order valence-corrected chi connectivity index (χ4v) is 3.96. The molecule has 2 aromatic heterocycles. The molecule has 4 atom stereocenters. The number of nitrogens with one attached hydrogen (secondary N) is 1. The van der Waals surface area contributed by atoms with E-state index < -0.39 is 53.1 Å². The second kappa shape index (κ2) is 8.29. The summed E-state index contributed by atoms with van der Waals surface area (Å²) in [5, 5.41) is 30.4. The van der Waals surface area contributed by atoms with Crippen LogP contribution in [0.2, 0.25) is 0 Å². The van der Waals surface area contributed by atoms with Gasteiger partial charge in [0.25, 0.3) is 12.1 Å². The molecule has 1 fully saturated rings. The molecule has 32 heavy (non-hydrogen) atoms. The predicted octanol–water partition coefficient (Wildman–Crippen LogP) is -2.06. The lowest BCUT2D eigenvalue weighted by atomic mass is 10.1. The fraction of sp³-hybridized carbons (Fsp3) is 0.294. The zero-order valence-electron chi connectivity index (χ0n) is 16.2. The second-order valence-corrected chi connectivity index (χ2v) is 8.23. The maximum atomic E-state index is 12.1. The highest BCUT2D eigenvalue weighted by Crippen LogP contribution is 2.30. The molecule has 170 valence electrons. The molecule has 0 bridgehead atoms. The van der Waals surface area contributed by atoms with Crippen LogP contribution in [-0.4, -0.2) is 78.8 Å². The van der Waals surface area contributed by atoms with Crippen molar-refractivity contribution in [2.24, 2.45) is 0 Å². The largest absolute Gasteiger partial charge is 0.507 e. The maximum Gasteiger partial charge on any atom is 0.362 e. The van der Waals surface area contributed by atoms with E-state index in [1.807, 2.05) is 0 Å². The molecule has 0 unspecified atom stereocenters. The van der Waals surface area contributed by atoms with Gasteiger partial charge in [0.05, 0.1) is 5.56 Å². The fourth-order valence-electron chi connectivity index (χ4n) is 3.24. The van der Waals surface area contributed by atoms with Crippen LogP contribution in [0.25, 0.3) is 11.2 Å². The Balaban J connectivity index is 1.44. The van der Waals surface area contributed by atoms with Gasteiger partial charge in [-0.2, -0.15) is 8.42 Å². The Hall–Kier alpha value is -3.37. The summed E-state index contributed by atoms with van der Waals surface area (Å²) in [6, 6.07) is 5.35. The highest BCUT2D eigenvalue weighted by atomic mass is 32.2. The van der Waals surface area contributed by atoms with Crippen molar-refractivity contribution in [3.05, 3.63) is 42.5 Å². The number of benzene rings is 1. The van der Waals surface area contributed by atoms with Crippen LogP contribution in [0, 0.1) is 0 Å². The molecule has 14 nitrogen and oxygen atoms in total. The Morgan fingerprint density at radius 3 is 2.72 bits per heavy atom. The number of carbonyl (C=O) groups is 1. The number of carbonyl (C=O) groups excluding carboxylic acids is 1. The zero-order chi connectivity index (χ0) is 23.0. The minimum absolute atomic E-state index is 0.118. The van der Waals surface area contributed by atoms with Gasteiger partial charge in [-0.15, -0.1) is 0 Å². The average Bonchev–Trinajstić information content (AvgIpc) is 3.29. The van der Waals surface area contributed by atoms with Crippen molar-refractivity contribution >= 4 is 33.2 Å². The quantitative estimate of drug-likeness (QED) is 0.248. The number of aliphatic hydroxyl groups is 4. The number of hydrogen-bond acceptors (Lipinski definition) is 11.